The number of amides is 1. The van der Waals surface area contributed by atoms with Gasteiger partial charge in [-0.25, -0.2) is 0 Å². The number of aromatic amines is 1. The van der Waals surface area contributed by atoms with E-state index in [4.69, 9.17) is 0 Å². The topological polar surface area (TPSA) is 101 Å². The summed E-state index contributed by atoms with van der Waals surface area (Å²) in [5.41, 5.74) is 2.74. The first-order valence-electron chi connectivity index (χ1n) is 8.81. The molecule has 0 aliphatic carbocycles. The Labute approximate surface area is 165 Å². The summed E-state index contributed by atoms with van der Waals surface area (Å²) in [5, 5.41) is 18.6. The fourth-order valence-electron chi connectivity index (χ4n) is 2.94. The van der Waals surface area contributed by atoms with Gasteiger partial charge < -0.3 is 5.32 Å². The van der Waals surface area contributed by atoms with E-state index in [2.05, 4.69) is 30.7 Å². The molecule has 8 nitrogen and oxygen atoms in total. The van der Waals surface area contributed by atoms with E-state index in [1.807, 2.05) is 47.2 Å². The molecule has 0 unspecified atom stereocenters. The van der Waals surface area contributed by atoms with Crippen LogP contribution in [-0.2, 0) is 0 Å². The molecule has 0 fully saturated rings. The molecule has 1 amide bonds. The third-order valence-electron chi connectivity index (χ3n) is 4.37. The van der Waals surface area contributed by atoms with Gasteiger partial charge in [0.25, 0.3) is 5.91 Å². The molecule has 4 heterocycles. The third kappa shape index (κ3) is 3.74. The average molecular weight is 393 g/mol. The molecule has 142 valence electrons. The number of hydrogen-bond donors (Lipinski definition) is 2. The van der Waals surface area contributed by atoms with Crippen LogP contribution in [0, 0.1) is 0 Å². The number of hydrogen-bond acceptors (Lipinski definition) is 6. The van der Waals surface area contributed by atoms with Gasteiger partial charge in [0.1, 0.15) is 5.69 Å². The van der Waals surface area contributed by atoms with Crippen molar-refractivity contribution in [3.05, 3.63) is 66.5 Å². The summed E-state index contributed by atoms with van der Waals surface area (Å²) < 4.78 is 1.90. The molecule has 4 aromatic heterocycles. The lowest BCUT2D eigenvalue weighted by Gasteiger charge is -2.16. The van der Waals surface area contributed by atoms with Crippen LogP contribution >= 0.6 is 11.8 Å². The Morgan fingerprint density at radius 3 is 2.93 bits per heavy atom. The van der Waals surface area contributed by atoms with Crippen molar-refractivity contribution >= 4 is 23.3 Å². The van der Waals surface area contributed by atoms with Gasteiger partial charge in [0, 0.05) is 24.2 Å². The van der Waals surface area contributed by atoms with Gasteiger partial charge in [0.2, 0.25) is 0 Å². The first-order valence-corrected chi connectivity index (χ1v) is 10.2. The average Bonchev–Trinajstić information content (AvgIpc) is 3.39. The number of pyridine rings is 2. The number of thioether (sulfide) groups is 1. The predicted molar refractivity (Wildman–Crippen MR) is 108 cm³/mol. The third-order valence-corrected chi connectivity index (χ3v) is 5.01. The van der Waals surface area contributed by atoms with Crippen LogP contribution < -0.4 is 5.32 Å². The molecule has 0 aliphatic rings. The summed E-state index contributed by atoms with van der Waals surface area (Å²) in [6.07, 6.45) is 8.07. The van der Waals surface area contributed by atoms with Gasteiger partial charge in [-0.15, -0.1) is 10.2 Å². The Morgan fingerprint density at radius 2 is 2.11 bits per heavy atom. The molecule has 4 aromatic rings. The maximum Gasteiger partial charge on any atom is 0.269 e. The van der Waals surface area contributed by atoms with Crippen LogP contribution in [0.25, 0.3) is 16.9 Å². The summed E-state index contributed by atoms with van der Waals surface area (Å²) >= 11 is 1.72. The van der Waals surface area contributed by atoms with E-state index in [-0.39, 0.29) is 11.9 Å². The lowest BCUT2D eigenvalue weighted by Crippen LogP contribution is -2.30. The van der Waals surface area contributed by atoms with Crippen LogP contribution in [0.1, 0.15) is 28.8 Å². The normalized spacial score (nSPS) is 12.2. The number of carbonyl (C=O) groups excluding carboxylic acids is 1. The summed E-state index contributed by atoms with van der Waals surface area (Å²) in [6.45, 7) is 0. The van der Waals surface area contributed by atoms with E-state index < -0.39 is 0 Å². The molecule has 0 spiro atoms. The molecule has 2 N–H and O–H groups in total. The second kappa shape index (κ2) is 8.22. The van der Waals surface area contributed by atoms with E-state index in [9.17, 15) is 4.79 Å². The van der Waals surface area contributed by atoms with Gasteiger partial charge in [-0.1, -0.05) is 6.07 Å². The maximum absolute atomic E-state index is 12.8. The number of fused-ring (bicyclic) bond motifs is 1. The monoisotopic (exact) mass is 393 g/mol. The van der Waals surface area contributed by atoms with E-state index in [0.717, 1.165) is 23.4 Å². The summed E-state index contributed by atoms with van der Waals surface area (Å²) in [6, 6.07) is 10.9. The van der Waals surface area contributed by atoms with Crippen LogP contribution in [0.2, 0.25) is 0 Å². The number of nitrogens with one attached hydrogen (secondary N) is 2. The minimum absolute atomic E-state index is 0.230. The zero-order chi connectivity index (χ0) is 19.3. The number of rotatable bonds is 7. The molecule has 0 saturated carbocycles. The molecule has 28 heavy (non-hydrogen) atoms. The summed E-state index contributed by atoms with van der Waals surface area (Å²) in [7, 11) is 0. The van der Waals surface area contributed by atoms with Crippen molar-refractivity contribution in [2.75, 3.05) is 12.0 Å². The van der Waals surface area contributed by atoms with E-state index >= 15 is 0 Å². The Bertz CT molecular complexity index is 1080. The van der Waals surface area contributed by atoms with Crippen LogP contribution in [0.15, 0.2) is 55.0 Å². The van der Waals surface area contributed by atoms with Gasteiger partial charge in [0.15, 0.2) is 11.5 Å². The van der Waals surface area contributed by atoms with Crippen molar-refractivity contribution in [2.24, 2.45) is 0 Å². The smallest absolute Gasteiger partial charge is 0.269 e. The molecule has 0 bridgehead atoms. The van der Waals surface area contributed by atoms with Gasteiger partial charge in [0.05, 0.1) is 11.7 Å². The van der Waals surface area contributed by atoms with E-state index in [1.165, 1.54) is 0 Å². The van der Waals surface area contributed by atoms with Gasteiger partial charge in [-0.2, -0.15) is 16.9 Å². The highest BCUT2D eigenvalue weighted by molar-refractivity contribution is 7.98. The first-order chi connectivity index (χ1) is 13.8. The van der Waals surface area contributed by atoms with Gasteiger partial charge >= 0.3 is 0 Å². The molecule has 4 rings (SSSR count). The SMILES string of the molecule is CSCC[C@H](NC(=O)c1cc(-c2ccncc2)n[nH]1)c1nnc2ccccn12. The molecular weight excluding hydrogens is 374 g/mol. The Balaban J connectivity index is 1.57. The van der Waals surface area contributed by atoms with E-state index in [1.54, 1.807) is 30.2 Å². The molecule has 1 atom stereocenters. The Hall–Kier alpha value is -3.20. The molecular formula is C19H19N7OS. The zero-order valence-electron chi connectivity index (χ0n) is 15.2. The van der Waals surface area contributed by atoms with Crippen molar-refractivity contribution in [3.63, 3.8) is 0 Å². The summed E-state index contributed by atoms with van der Waals surface area (Å²) in [4.78, 5) is 16.8. The fourth-order valence-corrected chi connectivity index (χ4v) is 3.42. The minimum atomic E-state index is -0.259. The van der Waals surface area contributed by atoms with Crippen molar-refractivity contribution < 1.29 is 4.79 Å². The van der Waals surface area contributed by atoms with E-state index in [0.29, 0.717) is 17.2 Å². The lowest BCUT2D eigenvalue weighted by atomic mass is 10.1. The lowest BCUT2D eigenvalue weighted by molar-refractivity contribution is 0.0928. The largest absolute Gasteiger partial charge is 0.341 e. The molecule has 0 aromatic carbocycles. The number of carbonyl (C=O) groups is 1. The van der Waals surface area contributed by atoms with Gasteiger partial charge in [-0.3, -0.25) is 19.3 Å². The van der Waals surface area contributed by atoms with Crippen molar-refractivity contribution in [3.8, 4) is 11.3 Å². The highest BCUT2D eigenvalue weighted by Crippen LogP contribution is 2.20. The van der Waals surface area contributed by atoms with Crippen LogP contribution in [-0.4, -0.2) is 47.7 Å². The quantitative estimate of drug-likeness (QED) is 0.501. The highest BCUT2D eigenvalue weighted by Gasteiger charge is 2.22. The Kier molecular flexibility index (Phi) is 5.34. The highest BCUT2D eigenvalue weighted by atomic mass is 32.2. The minimum Gasteiger partial charge on any atom is -0.341 e. The molecule has 0 aliphatic heterocycles. The molecule has 0 radical (unpaired) electrons. The van der Waals surface area contributed by atoms with Crippen LogP contribution in [0.4, 0.5) is 0 Å². The number of nitrogens with zero attached hydrogens (tertiary/aromatic N) is 5. The Morgan fingerprint density at radius 1 is 1.25 bits per heavy atom. The standard InChI is InChI=1S/C19H19N7OS/c1-28-11-7-14(18-25-24-17-4-2-3-10-26(17)18)21-19(27)16-12-15(22-23-16)13-5-8-20-9-6-13/h2-6,8-10,12,14H,7,11H2,1H3,(H,21,27)(H,22,23)/t14-/m0/s1. The van der Waals surface area contributed by atoms with Crippen LogP contribution in [0.5, 0.6) is 0 Å². The summed E-state index contributed by atoms with van der Waals surface area (Å²) in [5.74, 6) is 1.37. The zero-order valence-corrected chi connectivity index (χ0v) is 16.1. The first kappa shape index (κ1) is 18.2. The van der Waals surface area contributed by atoms with Crippen molar-refractivity contribution in [1.29, 1.82) is 0 Å². The fraction of sp³-hybridized carbons (Fsp3) is 0.211. The second-order valence-corrected chi connectivity index (χ2v) is 7.18. The maximum atomic E-state index is 12.8. The molecule has 0 saturated heterocycles. The number of H-pyrrole nitrogens is 1. The van der Waals surface area contributed by atoms with Crippen molar-refractivity contribution in [1.82, 2.24) is 35.1 Å². The molecule has 9 heteroatoms. The predicted octanol–water partition coefficient (Wildman–Crippen LogP) is 2.74. The van der Waals surface area contributed by atoms with Gasteiger partial charge in [-0.05, 0) is 48.8 Å². The van der Waals surface area contributed by atoms with Crippen molar-refractivity contribution in [2.45, 2.75) is 12.5 Å². The van der Waals surface area contributed by atoms with Crippen LogP contribution in [0.3, 0.4) is 0 Å². The second-order valence-electron chi connectivity index (χ2n) is 6.20. The number of aromatic nitrogens is 6.